The molecule has 150 valence electrons. The minimum atomic E-state index is 0.655. The van der Waals surface area contributed by atoms with Crippen molar-refractivity contribution in [3.8, 4) is 6.07 Å². The molecule has 0 unspecified atom stereocenters. The molecule has 0 radical (unpaired) electrons. The summed E-state index contributed by atoms with van der Waals surface area (Å²) in [5.41, 5.74) is 3.87. The van der Waals surface area contributed by atoms with Crippen molar-refractivity contribution in [2.24, 2.45) is 0 Å². The summed E-state index contributed by atoms with van der Waals surface area (Å²) < 4.78 is 1.11. The zero-order valence-electron chi connectivity index (χ0n) is 17.1. The van der Waals surface area contributed by atoms with Crippen LogP contribution in [-0.4, -0.2) is 0 Å². The van der Waals surface area contributed by atoms with Crippen LogP contribution in [0.4, 0.5) is 17.1 Å². The van der Waals surface area contributed by atoms with Crippen molar-refractivity contribution in [1.82, 2.24) is 0 Å². The average molecular weight is 473 g/mol. The van der Waals surface area contributed by atoms with Crippen LogP contribution < -0.4 is 4.90 Å². The topological polar surface area (TPSA) is 27.0 Å². The van der Waals surface area contributed by atoms with Gasteiger partial charge in [0.2, 0.25) is 0 Å². The first-order valence-corrected chi connectivity index (χ1v) is 11.3. The molecule has 0 aliphatic rings. The van der Waals surface area contributed by atoms with Crippen molar-refractivity contribution in [2.75, 3.05) is 4.90 Å². The largest absolute Gasteiger partial charge is 0.310 e. The molecular weight excluding hydrogens is 456 g/mol. The molecule has 0 atom stereocenters. The van der Waals surface area contributed by atoms with Crippen molar-refractivity contribution in [3.05, 3.63) is 113 Å². The van der Waals surface area contributed by atoms with Gasteiger partial charge < -0.3 is 4.90 Å². The molecule has 3 heteroatoms. The van der Waals surface area contributed by atoms with E-state index in [2.05, 4.69) is 99.7 Å². The van der Waals surface area contributed by atoms with E-state index in [9.17, 15) is 5.26 Å². The third-order valence-electron chi connectivity index (χ3n) is 6.10. The van der Waals surface area contributed by atoms with Crippen LogP contribution in [0.25, 0.3) is 32.3 Å². The molecule has 0 aliphatic heterocycles. The van der Waals surface area contributed by atoms with Gasteiger partial charge in [0.15, 0.2) is 0 Å². The van der Waals surface area contributed by atoms with Crippen molar-refractivity contribution in [1.29, 1.82) is 5.26 Å². The number of nitriles is 1. The summed E-state index contributed by atoms with van der Waals surface area (Å²) in [4.78, 5) is 2.27. The van der Waals surface area contributed by atoms with Gasteiger partial charge in [0, 0.05) is 21.2 Å². The number of para-hydroxylation sites is 1. The minimum absolute atomic E-state index is 0.655. The highest BCUT2D eigenvalue weighted by Crippen LogP contribution is 2.44. The Bertz CT molecular complexity index is 1630. The second-order valence-corrected chi connectivity index (χ2v) is 8.74. The van der Waals surface area contributed by atoms with Crippen molar-refractivity contribution in [3.63, 3.8) is 0 Å². The SMILES string of the molecule is N#Cc1ccc(N(c2ccccc2)c2ccc3ccc4c(Br)ccc5ccc2c3c54)cc1. The molecule has 0 fully saturated rings. The Morgan fingerprint density at radius 2 is 1.19 bits per heavy atom. The molecule has 0 aromatic heterocycles. The van der Waals surface area contributed by atoms with E-state index < -0.39 is 0 Å². The predicted octanol–water partition coefficient (Wildman–Crippen LogP) is 8.69. The summed E-state index contributed by atoms with van der Waals surface area (Å²) in [6, 6.07) is 37.9. The summed E-state index contributed by atoms with van der Waals surface area (Å²) in [7, 11) is 0. The van der Waals surface area contributed by atoms with Gasteiger partial charge in [0.1, 0.15) is 0 Å². The van der Waals surface area contributed by atoms with E-state index in [0.29, 0.717) is 5.56 Å². The van der Waals surface area contributed by atoms with Gasteiger partial charge in [-0.1, -0.05) is 70.5 Å². The summed E-state index contributed by atoms with van der Waals surface area (Å²) >= 11 is 3.74. The number of hydrogen-bond donors (Lipinski definition) is 0. The molecule has 0 heterocycles. The van der Waals surface area contributed by atoms with E-state index in [1.807, 2.05) is 30.3 Å². The first-order chi connectivity index (χ1) is 15.7. The van der Waals surface area contributed by atoms with Gasteiger partial charge in [0.05, 0.1) is 17.3 Å². The van der Waals surface area contributed by atoms with Crippen LogP contribution >= 0.6 is 15.9 Å². The molecule has 6 aromatic rings. The van der Waals surface area contributed by atoms with Gasteiger partial charge in [-0.3, -0.25) is 0 Å². The first kappa shape index (κ1) is 18.9. The Labute approximate surface area is 194 Å². The fraction of sp³-hybridized carbons (Fsp3) is 0. The highest BCUT2D eigenvalue weighted by Gasteiger charge is 2.18. The molecule has 0 amide bonds. The van der Waals surface area contributed by atoms with Gasteiger partial charge in [0.25, 0.3) is 0 Å². The lowest BCUT2D eigenvalue weighted by Gasteiger charge is -2.27. The molecule has 6 aromatic carbocycles. The van der Waals surface area contributed by atoms with Gasteiger partial charge in [-0.15, -0.1) is 0 Å². The van der Waals surface area contributed by atoms with Crippen molar-refractivity contribution < 1.29 is 0 Å². The predicted molar refractivity (Wildman–Crippen MR) is 137 cm³/mol. The molecule has 0 saturated heterocycles. The molecular formula is C29H17BrN2. The zero-order valence-corrected chi connectivity index (χ0v) is 18.7. The number of hydrogen-bond acceptors (Lipinski definition) is 2. The maximum atomic E-state index is 9.25. The van der Waals surface area contributed by atoms with Gasteiger partial charge in [-0.2, -0.15) is 5.26 Å². The van der Waals surface area contributed by atoms with Crippen LogP contribution in [0.1, 0.15) is 5.56 Å². The van der Waals surface area contributed by atoms with Crippen LogP contribution in [0.5, 0.6) is 0 Å². The number of nitrogens with zero attached hydrogens (tertiary/aromatic N) is 2. The number of halogens is 1. The van der Waals surface area contributed by atoms with Crippen LogP contribution in [0.2, 0.25) is 0 Å². The Morgan fingerprint density at radius 1 is 0.594 bits per heavy atom. The standard InChI is InChI=1S/C29H17BrN2/c30-26-16-10-20-9-15-25-27(17-11-21-8-14-24(26)28(20)29(21)25)32(22-4-2-1-3-5-22)23-12-6-19(18-31)7-13-23/h1-17H. The summed E-state index contributed by atoms with van der Waals surface area (Å²) in [5, 5.41) is 16.7. The molecule has 0 aliphatic carbocycles. The third kappa shape index (κ3) is 2.85. The first-order valence-electron chi connectivity index (χ1n) is 10.5. The highest BCUT2D eigenvalue weighted by molar-refractivity contribution is 9.10. The van der Waals surface area contributed by atoms with Gasteiger partial charge in [-0.05, 0) is 75.5 Å². The maximum absolute atomic E-state index is 9.25. The minimum Gasteiger partial charge on any atom is -0.310 e. The van der Waals surface area contributed by atoms with Gasteiger partial charge >= 0.3 is 0 Å². The van der Waals surface area contributed by atoms with E-state index in [-0.39, 0.29) is 0 Å². The van der Waals surface area contributed by atoms with Crippen LogP contribution in [0, 0.1) is 11.3 Å². The normalized spacial score (nSPS) is 11.2. The van der Waals surface area contributed by atoms with Crippen LogP contribution in [-0.2, 0) is 0 Å². The van der Waals surface area contributed by atoms with Crippen molar-refractivity contribution in [2.45, 2.75) is 0 Å². The quantitative estimate of drug-likeness (QED) is 0.241. The highest BCUT2D eigenvalue weighted by atomic mass is 79.9. The van der Waals surface area contributed by atoms with E-state index >= 15 is 0 Å². The van der Waals surface area contributed by atoms with Crippen LogP contribution in [0.15, 0.2) is 108 Å². The third-order valence-corrected chi connectivity index (χ3v) is 6.79. The lowest BCUT2D eigenvalue weighted by molar-refractivity contribution is 1.30. The second-order valence-electron chi connectivity index (χ2n) is 7.88. The van der Waals surface area contributed by atoms with Crippen LogP contribution in [0.3, 0.4) is 0 Å². The molecule has 0 N–H and O–H groups in total. The molecule has 2 nitrogen and oxygen atoms in total. The van der Waals surface area contributed by atoms with E-state index in [1.165, 1.54) is 32.3 Å². The zero-order chi connectivity index (χ0) is 21.7. The molecule has 0 spiro atoms. The Morgan fingerprint density at radius 3 is 1.91 bits per heavy atom. The number of rotatable bonds is 3. The summed E-state index contributed by atoms with van der Waals surface area (Å²) in [6.45, 7) is 0. The van der Waals surface area contributed by atoms with E-state index in [1.54, 1.807) is 0 Å². The Hall–Kier alpha value is -3.87. The maximum Gasteiger partial charge on any atom is 0.0991 e. The summed E-state index contributed by atoms with van der Waals surface area (Å²) in [5.74, 6) is 0. The van der Waals surface area contributed by atoms with Gasteiger partial charge in [-0.25, -0.2) is 0 Å². The second kappa shape index (κ2) is 7.37. The molecule has 0 saturated carbocycles. The lowest BCUT2D eigenvalue weighted by atomic mass is 9.93. The average Bonchev–Trinajstić information content (AvgIpc) is 2.85. The fourth-order valence-electron chi connectivity index (χ4n) is 4.63. The monoisotopic (exact) mass is 472 g/mol. The van der Waals surface area contributed by atoms with E-state index in [4.69, 9.17) is 0 Å². The lowest BCUT2D eigenvalue weighted by Crippen LogP contribution is -2.10. The number of benzene rings is 6. The molecule has 32 heavy (non-hydrogen) atoms. The fourth-order valence-corrected chi connectivity index (χ4v) is 5.10. The smallest absolute Gasteiger partial charge is 0.0991 e. The summed E-state index contributed by atoms with van der Waals surface area (Å²) in [6.07, 6.45) is 0. The molecule has 0 bridgehead atoms. The Kier molecular flexibility index (Phi) is 4.35. The molecule has 6 rings (SSSR count). The van der Waals surface area contributed by atoms with Crippen molar-refractivity contribution >= 4 is 65.3 Å². The number of anilines is 3. The Balaban J connectivity index is 1.70. The van der Waals surface area contributed by atoms with E-state index in [0.717, 1.165) is 21.5 Å².